The molecule has 0 aromatic heterocycles. The number of rotatable bonds is 39. The Balaban J connectivity index is 3.16. The highest BCUT2D eigenvalue weighted by molar-refractivity contribution is 5.98. The fourth-order valence-corrected chi connectivity index (χ4v) is 8.31. The van der Waals surface area contributed by atoms with Crippen molar-refractivity contribution in [3.63, 3.8) is 0 Å². The number of carboxylic acid groups (broad SMARTS) is 1. The van der Waals surface area contributed by atoms with E-state index in [2.05, 4.69) is 42.5 Å². The third-order valence-electron chi connectivity index (χ3n) is 13.2. The molecule has 1 rings (SSSR count). The molecule has 0 bridgehead atoms. The van der Waals surface area contributed by atoms with Crippen LogP contribution in [0.15, 0.2) is 0 Å². The lowest BCUT2D eigenvalue weighted by Crippen LogP contribution is -2.61. The van der Waals surface area contributed by atoms with Gasteiger partial charge in [-0.3, -0.25) is 43.2 Å². The molecule has 1 fully saturated rings. The highest BCUT2D eigenvalue weighted by Crippen LogP contribution is 2.20. The summed E-state index contributed by atoms with van der Waals surface area (Å²) in [5.41, 5.74) is 28.5. The van der Waals surface area contributed by atoms with E-state index in [9.17, 15) is 63.3 Å². The first-order valence-electron chi connectivity index (χ1n) is 26.8. The lowest BCUT2D eigenvalue weighted by molar-refractivity contribution is -0.144. The Morgan fingerprint density at radius 2 is 1.01 bits per heavy atom. The zero-order valence-electron chi connectivity index (χ0n) is 45.2. The van der Waals surface area contributed by atoms with Crippen LogP contribution in [-0.2, 0) is 47.9 Å². The predicted molar refractivity (Wildman–Crippen MR) is 282 cm³/mol. The van der Waals surface area contributed by atoms with E-state index >= 15 is 0 Å². The lowest BCUT2D eigenvalue weighted by Gasteiger charge is -2.30. The van der Waals surface area contributed by atoms with Crippen molar-refractivity contribution in [1.29, 1.82) is 0 Å². The highest BCUT2D eigenvalue weighted by atomic mass is 16.4. The predicted octanol–water partition coefficient (Wildman–Crippen LogP) is -4.51. The first-order valence-corrected chi connectivity index (χ1v) is 26.8. The summed E-state index contributed by atoms with van der Waals surface area (Å²) in [6, 6.07) is -11.3. The number of carbonyl (C=O) groups is 10. The van der Waals surface area contributed by atoms with E-state index in [1.165, 1.54) is 11.8 Å². The summed E-state index contributed by atoms with van der Waals surface area (Å²) in [5, 5.41) is 50.7. The number of unbranched alkanes of at least 4 members (excludes halogenated alkanes) is 4. The number of nitrogens with two attached hydrogens (primary N) is 5. The minimum atomic E-state index is -1.62. The largest absolute Gasteiger partial charge is 0.480 e. The maximum Gasteiger partial charge on any atom is 0.326 e. The number of carbonyl (C=O) groups excluding carboxylic acids is 9. The summed E-state index contributed by atoms with van der Waals surface area (Å²) in [6.07, 6.45) is 4.21. The summed E-state index contributed by atoms with van der Waals surface area (Å²) < 4.78 is 0. The van der Waals surface area contributed by atoms with Crippen molar-refractivity contribution in [2.45, 2.75) is 191 Å². The standard InChI is InChI=1S/C49H92N14O13/c1-6-29(4)39(47(73)58-32(17-8-12-22-51)42(68)59-34(49(75)76)19-10-14-24-53)61-43(69)33(18-9-13-23-52)57-46(72)38(28(2)3)60-44(70)35(27-64)56-37(66)26-55-45(71)36-20-15-25-63(36)48(74)40(30(5)65)62-41(67)31(54)16-7-11-21-50/h28-36,38-40,64-65H,6-27,50-54H2,1-5H3,(H,55,71)(H,56,66)(H,57,72)(H,58,73)(H,59,68)(H,60,70)(H,61,69)(H,62,67)(H,75,76)/t29-,30+,31-,32-,33-,34-,35-,36-,38-,39-,40-/m0/s1. The molecule has 0 aromatic carbocycles. The quantitative estimate of drug-likeness (QED) is 0.0258. The summed E-state index contributed by atoms with van der Waals surface area (Å²) in [5.74, 6) is -9.42. The maximum absolute atomic E-state index is 14.1. The van der Waals surface area contributed by atoms with Crippen molar-refractivity contribution >= 4 is 59.1 Å². The Hall–Kier alpha value is -5.58. The third-order valence-corrected chi connectivity index (χ3v) is 13.2. The zero-order chi connectivity index (χ0) is 57.5. The van der Waals surface area contributed by atoms with E-state index < -0.39 is 145 Å². The second kappa shape index (κ2) is 37.2. The van der Waals surface area contributed by atoms with Crippen molar-refractivity contribution in [3.8, 4) is 0 Å². The van der Waals surface area contributed by atoms with Gasteiger partial charge >= 0.3 is 5.97 Å². The normalized spacial score (nSPS) is 17.3. The van der Waals surface area contributed by atoms with Gasteiger partial charge in [0.1, 0.15) is 48.3 Å². The van der Waals surface area contributed by atoms with Crippen LogP contribution in [0.4, 0.5) is 0 Å². The number of nitrogens with zero attached hydrogens (tertiary/aromatic N) is 1. The molecule has 1 heterocycles. The second-order valence-corrected chi connectivity index (χ2v) is 19.8. The molecule has 1 aliphatic heterocycles. The summed E-state index contributed by atoms with van der Waals surface area (Å²) in [4.78, 5) is 135. The first-order chi connectivity index (χ1) is 36.0. The topological polar surface area (TPSA) is 461 Å². The van der Waals surface area contributed by atoms with Gasteiger partial charge in [0.15, 0.2) is 0 Å². The number of aliphatic carboxylic acids is 1. The molecule has 436 valence electrons. The van der Waals surface area contributed by atoms with Gasteiger partial charge in [0.25, 0.3) is 0 Å². The third kappa shape index (κ3) is 24.2. The first kappa shape index (κ1) is 68.4. The van der Waals surface area contributed by atoms with E-state index in [1.54, 1.807) is 27.7 Å². The molecule has 0 aliphatic carbocycles. The molecule has 21 N–H and O–H groups in total. The minimum absolute atomic E-state index is 0.0590. The molecule has 11 atom stereocenters. The van der Waals surface area contributed by atoms with Crippen LogP contribution in [0.3, 0.4) is 0 Å². The molecular weight excluding hydrogens is 993 g/mol. The molecule has 0 saturated carbocycles. The average molecular weight is 1090 g/mol. The Bertz CT molecular complexity index is 1860. The molecule has 76 heavy (non-hydrogen) atoms. The number of aliphatic hydroxyl groups excluding tert-OH is 2. The van der Waals surface area contributed by atoms with E-state index in [0.717, 1.165) is 0 Å². The molecule has 9 amide bonds. The van der Waals surface area contributed by atoms with Crippen LogP contribution < -0.4 is 71.2 Å². The Morgan fingerprint density at radius 3 is 1.49 bits per heavy atom. The van der Waals surface area contributed by atoms with Crippen LogP contribution in [-0.4, -0.2) is 186 Å². The van der Waals surface area contributed by atoms with Crippen molar-refractivity contribution in [2.24, 2.45) is 40.5 Å². The Morgan fingerprint density at radius 1 is 0.566 bits per heavy atom. The molecule has 27 heteroatoms. The van der Waals surface area contributed by atoms with Crippen molar-refractivity contribution in [2.75, 3.05) is 45.9 Å². The number of aliphatic hydroxyl groups is 2. The Kier molecular flexibility index (Phi) is 33.5. The van der Waals surface area contributed by atoms with Gasteiger partial charge in [-0.2, -0.15) is 0 Å². The number of carboxylic acids is 1. The molecular formula is C49H92N14O13. The van der Waals surface area contributed by atoms with Gasteiger partial charge in [-0.05, 0) is 128 Å². The fourth-order valence-electron chi connectivity index (χ4n) is 8.31. The number of nitrogens with one attached hydrogen (secondary N) is 8. The monoisotopic (exact) mass is 1080 g/mol. The van der Waals surface area contributed by atoms with Gasteiger partial charge < -0.3 is 91.4 Å². The van der Waals surface area contributed by atoms with E-state index in [0.29, 0.717) is 90.3 Å². The van der Waals surface area contributed by atoms with Crippen LogP contribution in [0.25, 0.3) is 0 Å². The number of amides is 9. The molecule has 1 aliphatic rings. The molecule has 0 radical (unpaired) electrons. The van der Waals surface area contributed by atoms with Gasteiger partial charge in [0, 0.05) is 6.54 Å². The van der Waals surface area contributed by atoms with Crippen LogP contribution in [0, 0.1) is 11.8 Å². The average Bonchev–Trinajstić information content (AvgIpc) is 3.88. The van der Waals surface area contributed by atoms with Gasteiger partial charge in [-0.25, -0.2) is 4.79 Å². The summed E-state index contributed by atoms with van der Waals surface area (Å²) in [6.45, 7) is 7.83. The fraction of sp³-hybridized carbons (Fsp3) is 0.796. The van der Waals surface area contributed by atoms with Crippen LogP contribution in [0.2, 0.25) is 0 Å². The van der Waals surface area contributed by atoms with Gasteiger partial charge in [-0.15, -0.1) is 0 Å². The SMILES string of the molecule is CC[C@H](C)[C@H](NC(=O)[C@H](CCCCN)NC(=O)[C@@H](NC(=O)[C@H](CO)NC(=O)CNC(=O)[C@@H]1CCCN1C(=O)[C@@H](NC(=O)[C@@H](N)CCCCN)[C@@H](C)O)C(C)C)C(=O)N[C@@H](CCCCN)C(=O)N[C@@H](CCCCN)C(=O)O. The summed E-state index contributed by atoms with van der Waals surface area (Å²) in [7, 11) is 0. The van der Waals surface area contributed by atoms with Crippen LogP contribution in [0.5, 0.6) is 0 Å². The maximum atomic E-state index is 14.1. The molecule has 0 spiro atoms. The molecule has 27 nitrogen and oxygen atoms in total. The smallest absolute Gasteiger partial charge is 0.326 e. The van der Waals surface area contributed by atoms with Gasteiger partial charge in [0.2, 0.25) is 53.2 Å². The number of likely N-dealkylation sites (tertiary alicyclic amines) is 1. The number of hydrogen-bond acceptors (Lipinski definition) is 17. The molecule has 0 aromatic rings. The molecule has 0 unspecified atom stereocenters. The lowest BCUT2D eigenvalue weighted by atomic mass is 9.96. The van der Waals surface area contributed by atoms with Gasteiger partial charge in [-0.1, -0.05) is 40.5 Å². The van der Waals surface area contributed by atoms with E-state index in [1.807, 2.05) is 0 Å². The highest BCUT2D eigenvalue weighted by Gasteiger charge is 2.40. The van der Waals surface area contributed by atoms with Gasteiger partial charge in [0.05, 0.1) is 25.3 Å². The zero-order valence-corrected chi connectivity index (χ0v) is 45.2. The minimum Gasteiger partial charge on any atom is -0.480 e. The summed E-state index contributed by atoms with van der Waals surface area (Å²) >= 11 is 0. The second-order valence-electron chi connectivity index (χ2n) is 19.8. The van der Waals surface area contributed by atoms with Crippen LogP contribution in [0.1, 0.15) is 131 Å². The number of hydrogen-bond donors (Lipinski definition) is 16. The van der Waals surface area contributed by atoms with E-state index in [4.69, 9.17) is 28.7 Å². The Labute approximate surface area is 446 Å². The van der Waals surface area contributed by atoms with Crippen molar-refractivity contribution in [1.82, 2.24) is 47.4 Å². The van der Waals surface area contributed by atoms with Crippen LogP contribution >= 0.6 is 0 Å². The van der Waals surface area contributed by atoms with Crippen molar-refractivity contribution in [3.05, 3.63) is 0 Å². The van der Waals surface area contributed by atoms with Crippen molar-refractivity contribution < 1.29 is 63.3 Å². The van der Waals surface area contributed by atoms with E-state index in [-0.39, 0.29) is 38.8 Å². The molecule has 1 saturated heterocycles.